The first-order valence-corrected chi connectivity index (χ1v) is 9.20. The standard InChI is InChI=1S/C20H16N4O2S/c1-13-22-23-20(27-13)21-19(26)16-9-10-18(25)24(12-16)11-15-7-4-6-14-5-2-3-8-17(14)15/h2-10,12H,11H2,1H3,(H,21,23,26). The molecule has 0 saturated carbocycles. The minimum absolute atomic E-state index is 0.161. The van der Waals surface area contributed by atoms with Crippen LogP contribution in [0.15, 0.2) is 65.6 Å². The van der Waals surface area contributed by atoms with Crippen molar-refractivity contribution in [3.63, 3.8) is 0 Å². The van der Waals surface area contributed by atoms with Gasteiger partial charge in [-0.3, -0.25) is 14.9 Å². The fraction of sp³-hybridized carbons (Fsp3) is 0.100. The van der Waals surface area contributed by atoms with Crippen molar-refractivity contribution in [2.24, 2.45) is 0 Å². The Bertz CT molecular complexity index is 1190. The Morgan fingerprint density at radius 2 is 1.89 bits per heavy atom. The summed E-state index contributed by atoms with van der Waals surface area (Å²) in [7, 11) is 0. The normalized spacial score (nSPS) is 10.9. The van der Waals surface area contributed by atoms with Gasteiger partial charge in [-0.05, 0) is 29.3 Å². The maximum Gasteiger partial charge on any atom is 0.258 e. The lowest BCUT2D eigenvalue weighted by Crippen LogP contribution is -2.22. The number of aryl methyl sites for hydroxylation is 1. The first kappa shape index (κ1) is 17.1. The first-order chi connectivity index (χ1) is 13.1. The fourth-order valence-corrected chi connectivity index (χ4v) is 3.51. The summed E-state index contributed by atoms with van der Waals surface area (Å²) < 4.78 is 1.54. The van der Waals surface area contributed by atoms with Crippen LogP contribution in [0.4, 0.5) is 5.13 Å². The summed E-state index contributed by atoms with van der Waals surface area (Å²) in [6.07, 6.45) is 1.58. The molecule has 2 aromatic heterocycles. The van der Waals surface area contributed by atoms with Gasteiger partial charge in [-0.2, -0.15) is 0 Å². The molecule has 1 amide bonds. The zero-order chi connectivity index (χ0) is 18.8. The lowest BCUT2D eigenvalue weighted by molar-refractivity contribution is 0.102. The van der Waals surface area contributed by atoms with Gasteiger partial charge in [-0.1, -0.05) is 53.8 Å². The van der Waals surface area contributed by atoms with Crippen LogP contribution in [0.3, 0.4) is 0 Å². The second kappa shape index (κ2) is 7.13. The average Bonchev–Trinajstić information content (AvgIpc) is 3.08. The summed E-state index contributed by atoms with van der Waals surface area (Å²) in [5.74, 6) is -0.321. The number of amides is 1. The number of anilines is 1. The SMILES string of the molecule is Cc1nnc(NC(=O)c2ccc(=O)n(Cc3cccc4ccccc34)c2)s1. The first-order valence-electron chi connectivity index (χ1n) is 8.39. The molecule has 0 saturated heterocycles. The lowest BCUT2D eigenvalue weighted by Gasteiger charge is -2.10. The Balaban J connectivity index is 1.64. The monoisotopic (exact) mass is 376 g/mol. The van der Waals surface area contributed by atoms with Crippen molar-refractivity contribution in [2.75, 3.05) is 5.32 Å². The van der Waals surface area contributed by atoms with E-state index in [4.69, 9.17) is 0 Å². The van der Waals surface area contributed by atoms with Crippen LogP contribution in [0.5, 0.6) is 0 Å². The molecule has 27 heavy (non-hydrogen) atoms. The summed E-state index contributed by atoms with van der Waals surface area (Å²) in [6, 6.07) is 17.0. The Morgan fingerprint density at radius 3 is 2.70 bits per heavy atom. The van der Waals surface area contributed by atoms with E-state index < -0.39 is 0 Å². The number of fused-ring (bicyclic) bond motifs is 1. The van der Waals surface area contributed by atoms with E-state index in [1.54, 1.807) is 10.8 Å². The second-order valence-electron chi connectivity index (χ2n) is 6.10. The molecule has 0 atom stereocenters. The predicted octanol–water partition coefficient (Wildman–Crippen LogP) is 3.46. The second-order valence-corrected chi connectivity index (χ2v) is 7.28. The average molecular weight is 376 g/mol. The number of nitrogens with zero attached hydrogens (tertiary/aromatic N) is 3. The van der Waals surface area contributed by atoms with Crippen LogP contribution in [0, 0.1) is 6.92 Å². The van der Waals surface area contributed by atoms with Crippen LogP contribution in [0.1, 0.15) is 20.9 Å². The van der Waals surface area contributed by atoms with Gasteiger partial charge in [0.1, 0.15) is 5.01 Å². The van der Waals surface area contributed by atoms with Crippen LogP contribution < -0.4 is 10.9 Å². The van der Waals surface area contributed by atoms with Gasteiger partial charge in [0, 0.05) is 12.3 Å². The van der Waals surface area contributed by atoms with E-state index in [0.717, 1.165) is 21.3 Å². The zero-order valence-corrected chi connectivity index (χ0v) is 15.4. The number of carbonyl (C=O) groups is 1. The molecular formula is C20H16N4O2S. The highest BCUT2D eigenvalue weighted by atomic mass is 32.1. The van der Waals surface area contributed by atoms with Crippen molar-refractivity contribution in [1.82, 2.24) is 14.8 Å². The van der Waals surface area contributed by atoms with Crippen molar-refractivity contribution in [2.45, 2.75) is 13.5 Å². The molecule has 0 fully saturated rings. The topological polar surface area (TPSA) is 76.9 Å². The molecule has 2 heterocycles. The summed E-state index contributed by atoms with van der Waals surface area (Å²) in [5.41, 5.74) is 1.25. The van der Waals surface area contributed by atoms with Crippen molar-refractivity contribution >= 4 is 33.1 Å². The molecule has 0 unspecified atom stereocenters. The molecule has 0 bridgehead atoms. The summed E-state index contributed by atoms with van der Waals surface area (Å²) >= 11 is 1.30. The smallest absolute Gasteiger partial charge is 0.258 e. The van der Waals surface area contributed by atoms with Crippen molar-refractivity contribution < 1.29 is 4.79 Å². The molecular weight excluding hydrogens is 360 g/mol. The molecule has 7 heteroatoms. The third-order valence-electron chi connectivity index (χ3n) is 4.21. The molecule has 0 aliphatic rings. The minimum Gasteiger partial charge on any atom is -0.310 e. The molecule has 4 aromatic rings. The Hall–Kier alpha value is -3.32. The predicted molar refractivity (Wildman–Crippen MR) is 106 cm³/mol. The van der Waals surface area contributed by atoms with Gasteiger partial charge in [0.2, 0.25) is 5.13 Å². The summed E-state index contributed by atoms with van der Waals surface area (Å²) in [5, 5.41) is 13.9. The Labute approximate surface area is 159 Å². The largest absolute Gasteiger partial charge is 0.310 e. The number of pyridine rings is 1. The highest BCUT2D eigenvalue weighted by Gasteiger charge is 2.11. The van der Waals surface area contributed by atoms with Crippen LogP contribution in [-0.2, 0) is 6.54 Å². The van der Waals surface area contributed by atoms with Gasteiger partial charge >= 0.3 is 0 Å². The van der Waals surface area contributed by atoms with Gasteiger partial charge < -0.3 is 4.57 Å². The van der Waals surface area contributed by atoms with Gasteiger partial charge in [0.25, 0.3) is 11.5 Å². The molecule has 0 aliphatic heterocycles. The van der Waals surface area contributed by atoms with E-state index in [0.29, 0.717) is 17.2 Å². The van der Waals surface area contributed by atoms with E-state index in [2.05, 4.69) is 15.5 Å². The molecule has 2 aromatic carbocycles. The van der Waals surface area contributed by atoms with Gasteiger partial charge in [0.05, 0.1) is 12.1 Å². The highest BCUT2D eigenvalue weighted by Crippen LogP contribution is 2.19. The Morgan fingerprint density at radius 1 is 1.07 bits per heavy atom. The summed E-state index contributed by atoms with van der Waals surface area (Å²) in [6.45, 7) is 2.21. The van der Waals surface area contributed by atoms with Gasteiger partial charge in [-0.15, -0.1) is 10.2 Å². The number of benzene rings is 2. The van der Waals surface area contributed by atoms with Crippen molar-refractivity contribution in [3.05, 3.63) is 87.3 Å². The zero-order valence-electron chi connectivity index (χ0n) is 14.5. The number of nitrogens with one attached hydrogen (secondary N) is 1. The Kier molecular flexibility index (Phi) is 4.52. The van der Waals surface area contributed by atoms with Crippen LogP contribution in [0.25, 0.3) is 10.8 Å². The maximum atomic E-state index is 12.5. The molecule has 0 radical (unpaired) electrons. The molecule has 0 aliphatic carbocycles. The van der Waals surface area contributed by atoms with Crippen LogP contribution >= 0.6 is 11.3 Å². The van der Waals surface area contributed by atoms with E-state index >= 15 is 0 Å². The van der Waals surface area contributed by atoms with Crippen LogP contribution in [0.2, 0.25) is 0 Å². The number of aromatic nitrogens is 3. The minimum atomic E-state index is -0.321. The molecule has 0 spiro atoms. The van der Waals surface area contributed by atoms with Gasteiger partial charge in [0.15, 0.2) is 0 Å². The summed E-state index contributed by atoms with van der Waals surface area (Å²) in [4.78, 5) is 24.8. The van der Waals surface area contributed by atoms with E-state index in [1.807, 2.05) is 49.4 Å². The van der Waals surface area contributed by atoms with Crippen molar-refractivity contribution in [1.29, 1.82) is 0 Å². The fourth-order valence-electron chi connectivity index (χ4n) is 2.92. The molecule has 134 valence electrons. The van der Waals surface area contributed by atoms with Crippen LogP contribution in [-0.4, -0.2) is 20.7 Å². The number of hydrogen-bond donors (Lipinski definition) is 1. The van der Waals surface area contributed by atoms with Gasteiger partial charge in [-0.25, -0.2) is 0 Å². The number of rotatable bonds is 4. The molecule has 1 N–H and O–H groups in total. The van der Waals surface area contributed by atoms with Crippen molar-refractivity contribution in [3.8, 4) is 0 Å². The third-order valence-corrected chi connectivity index (χ3v) is 4.97. The molecule has 4 rings (SSSR count). The molecule has 6 nitrogen and oxygen atoms in total. The number of hydrogen-bond acceptors (Lipinski definition) is 5. The van der Waals surface area contributed by atoms with E-state index in [-0.39, 0.29) is 11.5 Å². The maximum absolute atomic E-state index is 12.5. The van der Waals surface area contributed by atoms with E-state index in [9.17, 15) is 9.59 Å². The highest BCUT2D eigenvalue weighted by molar-refractivity contribution is 7.15. The quantitative estimate of drug-likeness (QED) is 0.592. The third kappa shape index (κ3) is 3.63. The lowest BCUT2D eigenvalue weighted by atomic mass is 10.0. The number of carbonyl (C=O) groups excluding carboxylic acids is 1. The van der Waals surface area contributed by atoms with E-state index in [1.165, 1.54) is 23.5 Å².